The van der Waals surface area contributed by atoms with E-state index < -0.39 is 23.5 Å². The molecule has 1 fully saturated rings. The van der Waals surface area contributed by atoms with Crippen LogP contribution in [0.5, 0.6) is 0 Å². The van der Waals surface area contributed by atoms with Gasteiger partial charge < -0.3 is 15.2 Å². The molecule has 1 aliphatic heterocycles. The minimum Gasteiger partial charge on any atom is -0.480 e. The first-order chi connectivity index (χ1) is 13.0. The van der Waals surface area contributed by atoms with E-state index in [-0.39, 0.29) is 12.5 Å². The second-order valence-electron chi connectivity index (χ2n) is 6.44. The number of aliphatic carboxylic acids is 1. The van der Waals surface area contributed by atoms with Crippen molar-refractivity contribution in [3.63, 3.8) is 0 Å². The number of aromatic nitrogens is 2. The van der Waals surface area contributed by atoms with E-state index in [0.29, 0.717) is 25.3 Å². The number of rotatable bonds is 6. The highest BCUT2D eigenvalue weighted by atomic mass is 16.5. The minimum absolute atomic E-state index is 0.291. The Morgan fingerprint density at radius 3 is 2.70 bits per heavy atom. The van der Waals surface area contributed by atoms with Gasteiger partial charge in [0.05, 0.1) is 12.3 Å². The summed E-state index contributed by atoms with van der Waals surface area (Å²) in [6.45, 7) is 0.540. The van der Waals surface area contributed by atoms with Crippen LogP contribution in [-0.4, -0.2) is 46.0 Å². The molecule has 2 unspecified atom stereocenters. The average molecular weight is 371 g/mol. The van der Waals surface area contributed by atoms with Crippen LogP contribution in [0.25, 0.3) is 11.3 Å². The van der Waals surface area contributed by atoms with Crippen molar-refractivity contribution in [2.75, 3.05) is 13.2 Å². The normalized spacial score (nSPS) is 17.9. The Morgan fingerprint density at radius 2 is 2.04 bits per heavy atom. The maximum absolute atomic E-state index is 12.4. The second-order valence-corrected chi connectivity index (χ2v) is 6.44. The topological polar surface area (TPSA) is 111 Å². The van der Waals surface area contributed by atoms with Crippen LogP contribution in [0.4, 0.5) is 0 Å². The molecule has 0 aliphatic carbocycles. The molecule has 2 atom stereocenters. The molecular formula is C19H21N3O5. The van der Waals surface area contributed by atoms with Crippen LogP contribution >= 0.6 is 0 Å². The maximum atomic E-state index is 12.4. The average Bonchev–Trinajstić information content (AvgIpc) is 2.69. The summed E-state index contributed by atoms with van der Waals surface area (Å²) in [4.78, 5) is 35.9. The number of ether oxygens (including phenoxy) is 1. The third kappa shape index (κ3) is 4.79. The van der Waals surface area contributed by atoms with Gasteiger partial charge in [0.25, 0.3) is 5.56 Å². The quantitative estimate of drug-likeness (QED) is 0.781. The fraction of sp³-hybridized carbons (Fsp3) is 0.368. The third-order valence-electron chi connectivity index (χ3n) is 4.48. The summed E-state index contributed by atoms with van der Waals surface area (Å²) in [7, 11) is 0. The molecular weight excluding hydrogens is 350 g/mol. The van der Waals surface area contributed by atoms with E-state index in [0.717, 1.165) is 16.7 Å². The molecule has 8 heteroatoms. The van der Waals surface area contributed by atoms with Crippen LogP contribution in [-0.2, 0) is 20.9 Å². The number of benzene rings is 1. The second kappa shape index (κ2) is 8.59. The molecule has 0 bridgehead atoms. The minimum atomic E-state index is -1.11. The van der Waals surface area contributed by atoms with Gasteiger partial charge in [0, 0.05) is 24.2 Å². The highest BCUT2D eigenvalue weighted by Gasteiger charge is 2.31. The third-order valence-corrected chi connectivity index (χ3v) is 4.48. The highest BCUT2D eigenvalue weighted by Crippen LogP contribution is 2.18. The van der Waals surface area contributed by atoms with E-state index in [9.17, 15) is 19.5 Å². The molecule has 2 N–H and O–H groups in total. The molecule has 0 spiro atoms. The molecule has 1 amide bonds. The molecule has 1 aromatic carbocycles. The zero-order valence-corrected chi connectivity index (χ0v) is 14.7. The van der Waals surface area contributed by atoms with Gasteiger partial charge in [0.1, 0.15) is 12.6 Å². The van der Waals surface area contributed by atoms with Crippen molar-refractivity contribution in [3.8, 4) is 11.3 Å². The standard InChI is InChI=1S/C19H21N3O5/c23-16(20-18(19(25)26)14-7-4-10-27-12-14)11-22-17(24)9-8-15(21-22)13-5-2-1-3-6-13/h1-3,5-6,8-9,14,18H,4,7,10-12H2,(H,20,23)(H,25,26). The summed E-state index contributed by atoms with van der Waals surface area (Å²) in [6, 6.07) is 11.1. The van der Waals surface area contributed by atoms with Crippen LogP contribution in [0.15, 0.2) is 47.3 Å². The van der Waals surface area contributed by atoms with Gasteiger partial charge in [-0.05, 0) is 18.9 Å². The summed E-state index contributed by atoms with van der Waals surface area (Å²) in [6.07, 6.45) is 1.42. The molecule has 27 heavy (non-hydrogen) atoms. The van der Waals surface area contributed by atoms with Gasteiger partial charge in [-0.15, -0.1) is 0 Å². The number of nitrogens with zero attached hydrogens (tertiary/aromatic N) is 2. The van der Waals surface area contributed by atoms with Gasteiger partial charge in [-0.2, -0.15) is 5.10 Å². The van der Waals surface area contributed by atoms with E-state index in [4.69, 9.17) is 4.74 Å². The Labute approximate surface area is 155 Å². The van der Waals surface area contributed by atoms with Gasteiger partial charge in [-0.25, -0.2) is 9.48 Å². The Bertz CT molecular complexity index is 859. The Hall–Kier alpha value is -3.00. The predicted octanol–water partition coefficient (Wildman–Crippen LogP) is 0.906. The summed E-state index contributed by atoms with van der Waals surface area (Å²) < 4.78 is 6.35. The number of hydrogen-bond acceptors (Lipinski definition) is 5. The molecule has 8 nitrogen and oxygen atoms in total. The first kappa shape index (κ1) is 18.8. The molecule has 3 rings (SSSR count). The van der Waals surface area contributed by atoms with Gasteiger partial charge in [0.15, 0.2) is 0 Å². The fourth-order valence-electron chi connectivity index (χ4n) is 3.09. The van der Waals surface area contributed by atoms with Crippen molar-refractivity contribution >= 4 is 11.9 Å². The first-order valence-electron chi connectivity index (χ1n) is 8.78. The summed E-state index contributed by atoms with van der Waals surface area (Å²) in [5.41, 5.74) is 0.936. The van der Waals surface area contributed by atoms with Crippen LogP contribution in [0.2, 0.25) is 0 Å². The lowest BCUT2D eigenvalue weighted by Gasteiger charge is -2.28. The molecule has 1 aliphatic rings. The number of carbonyl (C=O) groups is 2. The SMILES string of the molecule is O=C(Cn1nc(-c2ccccc2)ccc1=O)NC(C(=O)O)C1CCCOC1. The number of carboxylic acid groups (broad SMARTS) is 1. The number of nitrogens with one attached hydrogen (secondary N) is 1. The molecule has 2 aromatic rings. The van der Waals surface area contributed by atoms with Gasteiger partial charge in [-0.3, -0.25) is 9.59 Å². The summed E-state index contributed by atoms with van der Waals surface area (Å²) >= 11 is 0. The van der Waals surface area contributed by atoms with Crippen LogP contribution in [0.3, 0.4) is 0 Å². The Kier molecular flexibility index (Phi) is 5.97. The van der Waals surface area contributed by atoms with Crippen molar-refractivity contribution in [1.82, 2.24) is 15.1 Å². The van der Waals surface area contributed by atoms with Gasteiger partial charge in [0.2, 0.25) is 5.91 Å². The monoisotopic (exact) mass is 371 g/mol. The van der Waals surface area contributed by atoms with Crippen LogP contribution in [0, 0.1) is 5.92 Å². The van der Waals surface area contributed by atoms with E-state index in [1.807, 2.05) is 30.3 Å². The van der Waals surface area contributed by atoms with E-state index in [1.165, 1.54) is 6.07 Å². The molecule has 2 heterocycles. The Balaban J connectivity index is 1.73. The van der Waals surface area contributed by atoms with Crippen molar-refractivity contribution in [3.05, 3.63) is 52.8 Å². The molecule has 0 radical (unpaired) electrons. The summed E-state index contributed by atoms with van der Waals surface area (Å²) in [5, 5.41) is 16.2. The Morgan fingerprint density at radius 1 is 1.26 bits per heavy atom. The predicted molar refractivity (Wildman–Crippen MR) is 97.0 cm³/mol. The highest BCUT2D eigenvalue weighted by molar-refractivity contribution is 5.83. The van der Waals surface area contributed by atoms with E-state index >= 15 is 0 Å². The van der Waals surface area contributed by atoms with Crippen molar-refractivity contribution in [2.45, 2.75) is 25.4 Å². The number of carboxylic acids is 1. The van der Waals surface area contributed by atoms with Crippen molar-refractivity contribution < 1.29 is 19.4 Å². The first-order valence-corrected chi connectivity index (χ1v) is 8.78. The van der Waals surface area contributed by atoms with E-state index in [2.05, 4.69) is 10.4 Å². The zero-order chi connectivity index (χ0) is 19.2. The maximum Gasteiger partial charge on any atom is 0.326 e. The number of amides is 1. The van der Waals surface area contributed by atoms with Crippen molar-refractivity contribution in [2.24, 2.45) is 5.92 Å². The molecule has 0 saturated carbocycles. The molecule has 1 aromatic heterocycles. The van der Waals surface area contributed by atoms with Crippen LogP contribution in [0.1, 0.15) is 12.8 Å². The zero-order valence-electron chi connectivity index (χ0n) is 14.7. The van der Waals surface area contributed by atoms with Gasteiger partial charge in [-0.1, -0.05) is 30.3 Å². The molecule has 142 valence electrons. The van der Waals surface area contributed by atoms with Crippen molar-refractivity contribution in [1.29, 1.82) is 0 Å². The smallest absolute Gasteiger partial charge is 0.326 e. The lowest BCUT2D eigenvalue weighted by Crippen LogP contribution is -2.49. The number of hydrogen-bond donors (Lipinski definition) is 2. The van der Waals surface area contributed by atoms with E-state index in [1.54, 1.807) is 6.07 Å². The lowest BCUT2D eigenvalue weighted by atomic mass is 9.93. The summed E-state index contributed by atoms with van der Waals surface area (Å²) in [5.74, 6) is -1.98. The molecule has 1 saturated heterocycles. The van der Waals surface area contributed by atoms with Crippen LogP contribution < -0.4 is 10.9 Å². The van der Waals surface area contributed by atoms with Gasteiger partial charge >= 0.3 is 5.97 Å². The fourth-order valence-corrected chi connectivity index (χ4v) is 3.09. The largest absolute Gasteiger partial charge is 0.480 e. The number of carbonyl (C=O) groups excluding carboxylic acids is 1. The lowest BCUT2D eigenvalue weighted by molar-refractivity contribution is -0.145.